The van der Waals surface area contributed by atoms with Crippen molar-refractivity contribution in [1.82, 2.24) is 0 Å². The number of ketones is 1. The summed E-state index contributed by atoms with van der Waals surface area (Å²) in [5.74, 6) is 0.310. The zero-order valence-electron chi connectivity index (χ0n) is 8.83. The summed E-state index contributed by atoms with van der Waals surface area (Å²) in [6.45, 7) is 2.55. The second kappa shape index (κ2) is 6.40. The maximum Gasteiger partial charge on any atom is 0.142 e. The van der Waals surface area contributed by atoms with Crippen LogP contribution in [0.5, 0.6) is 0 Å². The van der Waals surface area contributed by atoms with Crippen molar-refractivity contribution in [1.29, 1.82) is 0 Å². The first-order chi connectivity index (χ1) is 7.17. The quantitative estimate of drug-likeness (QED) is 0.875. The van der Waals surface area contributed by atoms with Crippen LogP contribution in [0.4, 0.5) is 0 Å². The normalized spacial score (nSPS) is 12.7. The minimum absolute atomic E-state index is 0.0378. The first kappa shape index (κ1) is 12.9. The van der Waals surface area contributed by atoms with E-state index in [2.05, 4.69) is 22.9 Å². The molecule has 1 heterocycles. The first-order valence-corrected chi connectivity index (χ1v) is 6.80. The Kier molecular flexibility index (Phi) is 5.50. The maximum atomic E-state index is 11.9. The highest BCUT2D eigenvalue weighted by Crippen LogP contribution is 2.21. The fourth-order valence-corrected chi connectivity index (χ4v) is 2.98. The summed E-state index contributed by atoms with van der Waals surface area (Å²) in [4.78, 5) is 13.0. The molecule has 4 heteroatoms. The molecule has 0 aliphatic rings. The number of rotatable bonds is 6. The molecule has 84 valence electrons. The van der Waals surface area contributed by atoms with Crippen molar-refractivity contribution in [2.75, 3.05) is 6.54 Å². The van der Waals surface area contributed by atoms with Crippen LogP contribution in [0.25, 0.3) is 0 Å². The topological polar surface area (TPSA) is 43.1 Å². The van der Waals surface area contributed by atoms with E-state index in [1.54, 1.807) is 11.3 Å². The molecule has 2 N–H and O–H groups in total. The standard InChI is InChI=1S/C11H16BrNOS/c1-2-3-8(6-13)11(14)5-10-4-9(12)7-15-10/h4,7-8H,2-3,5-6,13H2,1H3. The molecule has 1 aromatic rings. The van der Waals surface area contributed by atoms with Gasteiger partial charge in [-0.05, 0) is 28.4 Å². The number of thiophene rings is 1. The summed E-state index contributed by atoms with van der Waals surface area (Å²) in [6, 6.07) is 2.00. The smallest absolute Gasteiger partial charge is 0.142 e. The fourth-order valence-electron chi connectivity index (χ4n) is 1.52. The van der Waals surface area contributed by atoms with Crippen molar-refractivity contribution in [2.24, 2.45) is 11.7 Å². The van der Waals surface area contributed by atoms with Crippen molar-refractivity contribution in [3.05, 3.63) is 20.8 Å². The van der Waals surface area contributed by atoms with Crippen molar-refractivity contribution in [2.45, 2.75) is 26.2 Å². The third kappa shape index (κ3) is 4.05. The lowest BCUT2D eigenvalue weighted by Crippen LogP contribution is -2.24. The van der Waals surface area contributed by atoms with Gasteiger partial charge in [0.05, 0.1) is 0 Å². The van der Waals surface area contributed by atoms with Gasteiger partial charge in [-0.2, -0.15) is 0 Å². The monoisotopic (exact) mass is 289 g/mol. The average molecular weight is 290 g/mol. The van der Waals surface area contributed by atoms with Crippen LogP contribution in [0.2, 0.25) is 0 Å². The Hall–Kier alpha value is -0.190. The lowest BCUT2D eigenvalue weighted by molar-refractivity contribution is -0.122. The highest BCUT2D eigenvalue weighted by Gasteiger charge is 2.16. The highest BCUT2D eigenvalue weighted by molar-refractivity contribution is 9.10. The van der Waals surface area contributed by atoms with E-state index in [1.807, 2.05) is 11.4 Å². The summed E-state index contributed by atoms with van der Waals surface area (Å²) in [6.07, 6.45) is 2.45. The number of carbonyl (C=O) groups is 1. The maximum absolute atomic E-state index is 11.9. The van der Waals surface area contributed by atoms with Gasteiger partial charge in [0.2, 0.25) is 0 Å². The second-order valence-electron chi connectivity index (χ2n) is 3.60. The highest BCUT2D eigenvalue weighted by atomic mass is 79.9. The van der Waals surface area contributed by atoms with Crippen LogP contribution in [-0.2, 0) is 11.2 Å². The van der Waals surface area contributed by atoms with E-state index in [-0.39, 0.29) is 11.7 Å². The van der Waals surface area contributed by atoms with Gasteiger partial charge in [0.15, 0.2) is 0 Å². The van der Waals surface area contributed by atoms with Crippen LogP contribution in [0, 0.1) is 5.92 Å². The molecule has 15 heavy (non-hydrogen) atoms. The zero-order chi connectivity index (χ0) is 11.3. The van der Waals surface area contributed by atoms with Crippen molar-refractivity contribution in [3.8, 4) is 0 Å². The third-order valence-corrected chi connectivity index (χ3v) is 4.04. The molecular formula is C11H16BrNOS. The van der Waals surface area contributed by atoms with Gasteiger partial charge < -0.3 is 5.73 Å². The molecule has 1 atom stereocenters. The van der Waals surface area contributed by atoms with Gasteiger partial charge in [-0.3, -0.25) is 4.79 Å². The molecule has 0 amide bonds. The lowest BCUT2D eigenvalue weighted by atomic mass is 9.96. The Morgan fingerprint density at radius 3 is 2.87 bits per heavy atom. The molecule has 0 bridgehead atoms. The number of nitrogens with two attached hydrogens (primary N) is 1. The van der Waals surface area contributed by atoms with Crippen molar-refractivity contribution in [3.63, 3.8) is 0 Å². The SMILES string of the molecule is CCCC(CN)C(=O)Cc1cc(Br)cs1. The van der Waals surface area contributed by atoms with E-state index in [1.165, 1.54) is 0 Å². The van der Waals surface area contributed by atoms with Crippen LogP contribution < -0.4 is 5.73 Å². The van der Waals surface area contributed by atoms with Gasteiger partial charge in [-0.1, -0.05) is 13.3 Å². The average Bonchev–Trinajstić information content (AvgIpc) is 2.60. The summed E-state index contributed by atoms with van der Waals surface area (Å²) < 4.78 is 1.05. The molecule has 0 aliphatic carbocycles. The summed E-state index contributed by atoms with van der Waals surface area (Å²) in [5, 5.41) is 2.00. The molecule has 0 saturated heterocycles. The molecule has 1 rings (SSSR count). The Bertz CT molecular complexity index is 324. The summed E-state index contributed by atoms with van der Waals surface area (Å²) >= 11 is 5.00. The molecule has 0 fully saturated rings. The molecule has 0 saturated carbocycles. The second-order valence-corrected chi connectivity index (χ2v) is 5.51. The van der Waals surface area contributed by atoms with Gasteiger partial charge in [0.1, 0.15) is 5.78 Å². The van der Waals surface area contributed by atoms with E-state index in [9.17, 15) is 4.79 Å². The van der Waals surface area contributed by atoms with Crippen molar-refractivity contribution < 1.29 is 4.79 Å². The molecule has 1 unspecified atom stereocenters. The largest absolute Gasteiger partial charge is 0.330 e. The van der Waals surface area contributed by atoms with E-state index in [0.29, 0.717) is 13.0 Å². The van der Waals surface area contributed by atoms with E-state index in [4.69, 9.17) is 5.73 Å². The van der Waals surface area contributed by atoms with Crippen LogP contribution in [0.3, 0.4) is 0 Å². The summed E-state index contributed by atoms with van der Waals surface area (Å²) in [5.41, 5.74) is 5.59. The number of Topliss-reactive ketones (excluding diaryl/α,β-unsaturated/α-hetero) is 1. The minimum atomic E-state index is 0.0378. The Morgan fingerprint density at radius 2 is 2.40 bits per heavy atom. The number of hydrogen-bond acceptors (Lipinski definition) is 3. The molecule has 0 radical (unpaired) electrons. The fraction of sp³-hybridized carbons (Fsp3) is 0.545. The Balaban J connectivity index is 2.53. The first-order valence-electron chi connectivity index (χ1n) is 5.13. The van der Waals surface area contributed by atoms with Crippen LogP contribution in [-0.4, -0.2) is 12.3 Å². The lowest BCUT2D eigenvalue weighted by Gasteiger charge is -2.11. The molecule has 0 aliphatic heterocycles. The van der Waals surface area contributed by atoms with Gasteiger partial charge in [-0.15, -0.1) is 11.3 Å². The number of carbonyl (C=O) groups excluding carboxylic acids is 1. The predicted octanol–water partition coefficient (Wildman–Crippen LogP) is 3.00. The van der Waals surface area contributed by atoms with Crippen LogP contribution in [0.15, 0.2) is 15.9 Å². The van der Waals surface area contributed by atoms with E-state index >= 15 is 0 Å². The number of hydrogen-bond donors (Lipinski definition) is 1. The summed E-state index contributed by atoms with van der Waals surface area (Å²) in [7, 11) is 0. The van der Waals surface area contributed by atoms with Gasteiger partial charge >= 0.3 is 0 Å². The van der Waals surface area contributed by atoms with Gasteiger partial charge in [0.25, 0.3) is 0 Å². The van der Waals surface area contributed by atoms with E-state index < -0.39 is 0 Å². The predicted molar refractivity (Wildman–Crippen MR) is 68.2 cm³/mol. The molecule has 2 nitrogen and oxygen atoms in total. The van der Waals surface area contributed by atoms with Gasteiger partial charge in [0, 0.05) is 33.6 Å². The Morgan fingerprint density at radius 1 is 1.67 bits per heavy atom. The van der Waals surface area contributed by atoms with E-state index in [0.717, 1.165) is 22.2 Å². The molecular weight excluding hydrogens is 274 g/mol. The third-order valence-electron chi connectivity index (χ3n) is 2.35. The molecule has 1 aromatic heterocycles. The molecule has 0 aromatic carbocycles. The zero-order valence-corrected chi connectivity index (χ0v) is 11.2. The van der Waals surface area contributed by atoms with Crippen LogP contribution in [0.1, 0.15) is 24.6 Å². The number of halogens is 1. The Labute approximate surface area is 103 Å². The van der Waals surface area contributed by atoms with Crippen LogP contribution >= 0.6 is 27.3 Å². The van der Waals surface area contributed by atoms with Gasteiger partial charge in [-0.25, -0.2) is 0 Å². The van der Waals surface area contributed by atoms with Crippen molar-refractivity contribution >= 4 is 33.0 Å². The minimum Gasteiger partial charge on any atom is -0.330 e. The molecule has 0 spiro atoms.